The van der Waals surface area contributed by atoms with Crippen LogP contribution in [0.3, 0.4) is 0 Å². The van der Waals surface area contributed by atoms with Crippen molar-refractivity contribution in [3.05, 3.63) is 62.5 Å². The van der Waals surface area contributed by atoms with Gasteiger partial charge in [-0.15, -0.1) is 0 Å². The summed E-state index contributed by atoms with van der Waals surface area (Å²) in [5.74, 6) is -2.17. The summed E-state index contributed by atoms with van der Waals surface area (Å²) in [5.41, 5.74) is 6.44. The van der Waals surface area contributed by atoms with Crippen LogP contribution in [0.1, 0.15) is 11.7 Å². The Morgan fingerprint density at radius 1 is 1.10 bits per heavy atom. The van der Waals surface area contributed by atoms with Crippen molar-refractivity contribution in [1.82, 2.24) is 0 Å². The summed E-state index contributed by atoms with van der Waals surface area (Å²) >= 11 is 6.45. The van der Waals surface area contributed by atoms with E-state index in [9.17, 15) is 8.78 Å². The van der Waals surface area contributed by atoms with Crippen LogP contribution in [0.25, 0.3) is 0 Å². The number of halogens is 4. The maximum Gasteiger partial charge on any atom is 0.200 e. The highest BCUT2D eigenvalue weighted by Gasteiger charge is 2.17. The van der Waals surface area contributed by atoms with Gasteiger partial charge >= 0.3 is 0 Å². The van der Waals surface area contributed by atoms with Crippen LogP contribution in [-0.2, 0) is 0 Å². The molecule has 2 N–H and O–H groups in total. The molecule has 0 saturated carbocycles. The molecule has 1 atom stereocenters. The van der Waals surface area contributed by atoms with Crippen molar-refractivity contribution in [3.8, 4) is 5.75 Å². The van der Waals surface area contributed by atoms with Crippen LogP contribution in [0.5, 0.6) is 5.75 Å². The molecule has 2 aromatic rings. The molecule has 0 radical (unpaired) electrons. The second kappa shape index (κ2) is 6.65. The Morgan fingerprint density at radius 3 is 2.50 bits per heavy atom. The molecule has 20 heavy (non-hydrogen) atoms. The molecule has 2 nitrogen and oxygen atoms in total. The van der Waals surface area contributed by atoms with E-state index in [1.165, 1.54) is 6.07 Å². The molecule has 0 fully saturated rings. The second-order valence-electron chi connectivity index (χ2n) is 4.10. The van der Waals surface area contributed by atoms with E-state index in [1.807, 2.05) is 24.3 Å². The fraction of sp³-hybridized carbons (Fsp3) is 0.143. The van der Waals surface area contributed by atoms with Crippen LogP contribution in [0, 0.1) is 11.6 Å². The first-order chi connectivity index (χ1) is 9.51. The molecule has 2 aromatic carbocycles. The molecule has 0 spiro atoms. The lowest BCUT2D eigenvalue weighted by atomic mass is 10.1. The Kier molecular flexibility index (Phi) is 5.12. The number of hydrogen-bond donors (Lipinski definition) is 1. The number of rotatable bonds is 4. The molecule has 0 aliphatic heterocycles. The van der Waals surface area contributed by atoms with E-state index >= 15 is 0 Å². The molecule has 0 aliphatic rings. The van der Waals surface area contributed by atoms with Crippen LogP contribution in [0.2, 0.25) is 0 Å². The highest BCUT2D eigenvalue weighted by atomic mass is 79.9. The summed E-state index contributed by atoms with van der Waals surface area (Å²) in [6.07, 6.45) is -0.560. The van der Waals surface area contributed by atoms with E-state index in [1.54, 1.807) is 0 Å². The normalized spacial score (nSPS) is 12.2. The third-order valence-corrected chi connectivity index (χ3v) is 3.61. The van der Waals surface area contributed by atoms with Crippen molar-refractivity contribution in [2.45, 2.75) is 6.10 Å². The van der Waals surface area contributed by atoms with E-state index < -0.39 is 17.7 Å². The minimum absolute atomic E-state index is 0.143. The van der Waals surface area contributed by atoms with Crippen LogP contribution in [0.15, 0.2) is 45.3 Å². The van der Waals surface area contributed by atoms with Gasteiger partial charge in [0.1, 0.15) is 6.10 Å². The standard InChI is InChI=1S/C14H11Br2F2NO/c15-9-3-1-2-8(4-9)13(7-19)20-12-6-10(16)5-11(17)14(12)18/h1-6,13H,7,19H2. The first-order valence-electron chi connectivity index (χ1n) is 5.78. The zero-order valence-electron chi connectivity index (χ0n) is 10.2. The first kappa shape index (κ1) is 15.4. The van der Waals surface area contributed by atoms with Crippen molar-refractivity contribution in [2.24, 2.45) is 5.73 Å². The molecule has 2 rings (SSSR count). The van der Waals surface area contributed by atoms with Gasteiger partial charge in [-0.2, -0.15) is 4.39 Å². The highest BCUT2D eigenvalue weighted by molar-refractivity contribution is 9.10. The molecule has 0 heterocycles. The smallest absolute Gasteiger partial charge is 0.200 e. The molecule has 106 valence electrons. The van der Waals surface area contributed by atoms with Gasteiger partial charge in [-0.1, -0.05) is 44.0 Å². The highest BCUT2D eigenvalue weighted by Crippen LogP contribution is 2.29. The van der Waals surface area contributed by atoms with Crippen molar-refractivity contribution in [3.63, 3.8) is 0 Å². The molecule has 0 amide bonds. The second-order valence-corrected chi connectivity index (χ2v) is 5.93. The summed E-state index contributed by atoms with van der Waals surface area (Å²) in [6.45, 7) is 0.143. The van der Waals surface area contributed by atoms with Gasteiger partial charge in [0.25, 0.3) is 0 Å². The van der Waals surface area contributed by atoms with Gasteiger partial charge in [-0.3, -0.25) is 0 Å². The third-order valence-electron chi connectivity index (χ3n) is 2.66. The average Bonchev–Trinajstić information content (AvgIpc) is 2.41. The van der Waals surface area contributed by atoms with Crippen molar-refractivity contribution in [1.29, 1.82) is 0 Å². The summed E-state index contributed by atoms with van der Waals surface area (Å²) in [7, 11) is 0. The van der Waals surface area contributed by atoms with Crippen molar-refractivity contribution < 1.29 is 13.5 Å². The molecule has 0 bridgehead atoms. The van der Waals surface area contributed by atoms with E-state index in [2.05, 4.69) is 31.9 Å². The Hall–Kier alpha value is -0.980. The van der Waals surface area contributed by atoms with Crippen LogP contribution in [0.4, 0.5) is 8.78 Å². The fourth-order valence-corrected chi connectivity index (χ4v) is 2.56. The summed E-state index contributed by atoms with van der Waals surface area (Å²) in [4.78, 5) is 0. The predicted molar refractivity (Wildman–Crippen MR) is 80.6 cm³/mol. The summed E-state index contributed by atoms with van der Waals surface area (Å²) < 4.78 is 33.8. The van der Waals surface area contributed by atoms with E-state index in [0.29, 0.717) is 4.47 Å². The molecular weight excluding hydrogens is 396 g/mol. The molecule has 0 aliphatic carbocycles. The van der Waals surface area contributed by atoms with Crippen molar-refractivity contribution >= 4 is 31.9 Å². The van der Waals surface area contributed by atoms with E-state index in [-0.39, 0.29) is 12.3 Å². The molecular formula is C14H11Br2F2NO. The Bertz CT molecular complexity index is 622. The first-order valence-corrected chi connectivity index (χ1v) is 7.36. The fourth-order valence-electron chi connectivity index (χ4n) is 1.73. The van der Waals surface area contributed by atoms with E-state index in [0.717, 1.165) is 16.1 Å². The van der Waals surface area contributed by atoms with E-state index in [4.69, 9.17) is 10.5 Å². The van der Waals surface area contributed by atoms with Crippen LogP contribution in [-0.4, -0.2) is 6.54 Å². The molecule has 6 heteroatoms. The van der Waals surface area contributed by atoms with Gasteiger partial charge in [0.2, 0.25) is 5.82 Å². The Labute approximate surface area is 132 Å². The third kappa shape index (κ3) is 3.56. The van der Waals surface area contributed by atoms with Gasteiger partial charge in [0.15, 0.2) is 11.6 Å². The largest absolute Gasteiger partial charge is 0.481 e. The SMILES string of the molecule is NCC(Oc1cc(Br)cc(F)c1F)c1cccc(Br)c1. The van der Waals surface area contributed by atoms with Crippen LogP contribution < -0.4 is 10.5 Å². The quantitative estimate of drug-likeness (QED) is 0.755. The predicted octanol–water partition coefficient (Wildman–Crippen LogP) is 4.57. The molecule has 0 aromatic heterocycles. The van der Waals surface area contributed by atoms with Gasteiger partial charge in [-0.25, -0.2) is 4.39 Å². The average molecular weight is 407 g/mol. The Balaban J connectivity index is 2.31. The minimum Gasteiger partial charge on any atom is -0.481 e. The van der Waals surface area contributed by atoms with Gasteiger partial charge in [-0.05, 0) is 29.8 Å². The zero-order chi connectivity index (χ0) is 14.7. The van der Waals surface area contributed by atoms with Gasteiger partial charge in [0.05, 0.1) is 0 Å². The van der Waals surface area contributed by atoms with Gasteiger partial charge < -0.3 is 10.5 Å². The number of hydrogen-bond acceptors (Lipinski definition) is 2. The number of nitrogens with two attached hydrogens (primary N) is 1. The lowest BCUT2D eigenvalue weighted by Crippen LogP contribution is -2.19. The monoisotopic (exact) mass is 405 g/mol. The van der Waals surface area contributed by atoms with Gasteiger partial charge in [0, 0.05) is 15.5 Å². The Morgan fingerprint density at radius 2 is 1.85 bits per heavy atom. The molecule has 0 saturated heterocycles. The lowest BCUT2D eigenvalue weighted by Gasteiger charge is -2.19. The minimum atomic E-state index is -1.03. The lowest BCUT2D eigenvalue weighted by molar-refractivity contribution is 0.201. The van der Waals surface area contributed by atoms with Crippen LogP contribution >= 0.6 is 31.9 Å². The summed E-state index contributed by atoms with van der Waals surface area (Å²) in [6, 6.07) is 9.73. The molecule has 1 unspecified atom stereocenters. The number of ether oxygens (including phenoxy) is 1. The maximum absolute atomic E-state index is 13.7. The topological polar surface area (TPSA) is 35.2 Å². The zero-order valence-corrected chi connectivity index (χ0v) is 13.4. The maximum atomic E-state index is 13.7. The van der Waals surface area contributed by atoms with Crippen molar-refractivity contribution in [2.75, 3.05) is 6.54 Å². The summed E-state index contributed by atoms with van der Waals surface area (Å²) in [5, 5.41) is 0. The number of benzene rings is 2.